The molecule has 1 aromatic heterocycles. The van der Waals surface area contributed by atoms with E-state index in [4.69, 9.17) is 11.6 Å². The van der Waals surface area contributed by atoms with Gasteiger partial charge in [-0.15, -0.1) is 0 Å². The van der Waals surface area contributed by atoms with E-state index in [1.165, 1.54) is 0 Å². The smallest absolute Gasteiger partial charge is 0.324 e. The fourth-order valence-electron chi connectivity index (χ4n) is 0.575. The van der Waals surface area contributed by atoms with Crippen molar-refractivity contribution in [3.8, 4) is 0 Å². The van der Waals surface area contributed by atoms with Crippen molar-refractivity contribution in [2.75, 3.05) is 0 Å². The maximum absolute atomic E-state index is 11.9. The fourth-order valence-corrected chi connectivity index (χ4v) is 0.715. The first kappa shape index (κ1) is 9.05. The molecule has 7 heteroatoms. The summed E-state index contributed by atoms with van der Waals surface area (Å²) in [7, 11) is 0. The lowest BCUT2D eigenvalue weighted by atomic mass is 10.4. The Hall–Kier alpha value is -1.04. The first-order chi connectivity index (χ1) is 5.41. The number of hydrogen-bond donors (Lipinski definition) is 1. The second-order valence-corrected chi connectivity index (χ2v) is 2.29. The molecule has 0 unspecified atom stereocenters. The van der Waals surface area contributed by atoms with E-state index in [9.17, 15) is 18.0 Å². The highest BCUT2D eigenvalue weighted by molar-refractivity contribution is 6.29. The minimum Gasteiger partial charge on any atom is -0.324 e. The van der Waals surface area contributed by atoms with Crippen LogP contribution in [0.3, 0.4) is 0 Å². The Balaban J connectivity index is 3.33. The summed E-state index contributed by atoms with van der Waals surface area (Å²) in [5.74, 6) is 0. The number of halogens is 4. The van der Waals surface area contributed by atoms with Crippen molar-refractivity contribution in [1.82, 2.24) is 9.97 Å². The molecule has 12 heavy (non-hydrogen) atoms. The number of aromatic amines is 1. The normalized spacial score (nSPS) is 11.7. The summed E-state index contributed by atoms with van der Waals surface area (Å²) < 4.78 is 35.7. The van der Waals surface area contributed by atoms with E-state index < -0.39 is 22.6 Å². The molecule has 0 fully saturated rings. The third-order valence-electron chi connectivity index (χ3n) is 1.02. The highest BCUT2D eigenvalue weighted by Gasteiger charge is 2.36. The van der Waals surface area contributed by atoms with Crippen LogP contribution in [0.2, 0.25) is 5.15 Å². The molecule has 0 radical (unpaired) electrons. The van der Waals surface area contributed by atoms with E-state index >= 15 is 0 Å². The molecule has 0 aliphatic heterocycles. The van der Waals surface area contributed by atoms with Crippen molar-refractivity contribution in [2.45, 2.75) is 6.18 Å². The van der Waals surface area contributed by atoms with E-state index in [1.54, 1.807) is 4.98 Å². The van der Waals surface area contributed by atoms with Gasteiger partial charge in [0.1, 0.15) is 5.15 Å². The zero-order valence-corrected chi connectivity index (χ0v) is 6.20. The monoisotopic (exact) mass is 198 g/mol. The van der Waals surface area contributed by atoms with E-state index in [2.05, 4.69) is 4.98 Å². The largest absolute Gasteiger partial charge is 0.438 e. The van der Waals surface area contributed by atoms with Gasteiger partial charge in [-0.05, 0) is 0 Å². The molecule has 0 saturated heterocycles. The predicted molar refractivity (Wildman–Crippen MR) is 34.9 cm³/mol. The highest BCUT2D eigenvalue weighted by atomic mass is 35.5. The fraction of sp³-hybridized carbons (Fsp3) is 0.200. The number of hydrogen-bond acceptors (Lipinski definition) is 2. The first-order valence-electron chi connectivity index (χ1n) is 2.73. The van der Waals surface area contributed by atoms with Crippen LogP contribution in [0.5, 0.6) is 0 Å². The number of nitrogens with zero attached hydrogens (tertiary/aromatic N) is 1. The lowest BCUT2D eigenvalue weighted by molar-refractivity contribution is -0.142. The van der Waals surface area contributed by atoms with Gasteiger partial charge in [-0.25, -0.2) is 4.98 Å². The first-order valence-corrected chi connectivity index (χ1v) is 3.11. The number of alkyl halides is 3. The second-order valence-electron chi connectivity index (χ2n) is 1.90. The Bertz CT molecular complexity index is 345. The Morgan fingerprint density at radius 1 is 1.50 bits per heavy atom. The summed E-state index contributed by atoms with van der Waals surface area (Å²) in [4.78, 5) is 15.2. The maximum Gasteiger partial charge on any atom is 0.438 e. The topological polar surface area (TPSA) is 45.8 Å². The molecule has 0 atom stereocenters. The third kappa shape index (κ3) is 1.76. The average Bonchev–Trinajstić information content (AvgIpc) is 1.92. The SMILES string of the molecule is O=c1[nH]cc(Cl)nc1C(F)(F)F. The Kier molecular flexibility index (Phi) is 2.10. The minimum absolute atomic E-state index is 0.401. The van der Waals surface area contributed by atoms with Gasteiger partial charge in [0.05, 0.1) is 0 Å². The van der Waals surface area contributed by atoms with Crippen LogP contribution < -0.4 is 5.56 Å². The van der Waals surface area contributed by atoms with Gasteiger partial charge in [0, 0.05) is 6.20 Å². The van der Waals surface area contributed by atoms with Crippen LogP contribution in [-0.2, 0) is 6.18 Å². The quantitative estimate of drug-likeness (QED) is 0.686. The van der Waals surface area contributed by atoms with Crippen molar-refractivity contribution >= 4 is 11.6 Å². The number of nitrogens with one attached hydrogen (secondary N) is 1. The van der Waals surface area contributed by atoms with Crippen LogP contribution in [0.4, 0.5) is 13.2 Å². The molecular formula is C5H2ClF3N2O. The summed E-state index contributed by atoms with van der Waals surface area (Å²) in [6, 6.07) is 0. The molecule has 1 N–H and O–H groups in total. The van der Waals surface area contributed by atoms with Gasteiger partial charge in [-0.2, -0.15) is 13.2 Å². The van der Waals surface area contributed by atoms with Gasteiger partial charge in [0.25, 0.3) is 5.56 Å². The Morgan fingerprint density at radius 2 is 2.08 bits per heavy atom. The maximum atomic E-state index is 11.9. The third-order valence-corrected chi connectivity index (χ3v) is 1.22. The van der Waals surface area contributed by atoms with Crippen molar-refractivity contribution in [3.63, 3.8) is 0 Å². The van der Waals surface area contributed by atoms with Gasteiger partial charge < -0.3 is 4.98 Å². The van der Waals surface area contributed by atoms with Crippen LogP contribution in [0, 0.1) is 0 Å². The summed E-state index contributed by atoms with van der Waals surface area (Å²) in [6.07, 6.45) is -3.88. The molecule has 66 valence electrons. The summed E-state index contributed by atoms with van der Waals surface area (Å²) in [5.41, 5.74) is -2.83. The van der Waals surface area contributed by atoms with Crippen LogP contribution in [0.1, 0.15) is 5.69 Å². The molecule has 1 rings (SSSR count). The molecule has 0 amide bonds. The van der Waals surface area contributed by atoms with Crippen molar-refractivity contribution in [1.29, 1.82) is 0 Å². The number of rotatable bonds is 0. The van der Waals surface area contributed by atoms with Crippen LogP contribution >= 0.6 is 11.6 Å². The second kappa shape index (κ2) is 2.78. The van der Waals surface area contributed by atoms with Crippen LogP contribution in [-0.4, -0.2) is 9.97 Å². The van der Waals surface area contributed by atoms with E-state index in [0.717, 1.165) is 6.20 Å². The molecule has 0 aliphatic carbocycles. The highest BCUT2D eigenvalue weighted by Crippen LogP contribution is 2.24. The minimum atomic E-state index is -4.77. The van der Waals surface area contributed by atoms with Crippen molar-refractivity contribution < 1.29 is 13.2 Å². The van der Waals surface area contributed by atoms with E-state index in [0.29, 0.717) is 0 Å². The van der Waals surface area contributed by atoms with Crippen molar-refractivity contribution in [2.24, 2.45) is 0 Å². The zero-order valence-electron chi connectivity index (χ0n) is 5.44. The van der Waals surface area contributed by atoms with E-state index in [1.807, 2.05) is 0 Å². The molecule has 0 saturated carbocycles. The van der Waals surface area contributed by atoms with Gasteiger partial charge in [0.2, 0.25) is 5.69 Å². The molecule has 1 heterocycles. The van der Waals surface area contributed by atoms with Gasteiger partial charge in [0.15, 0.2) is 0 Å². The molecule has 1 aromatic rings. The lowest BCUT2D eigenvalue weighted by Gasteiger charge is -2.02. The zero-order chi connectivity index (χ0) is 9.35. The summed E-state index contributed by atoms with van der Waals surface area (Å²) >= 11 is 5.14. The molecule has 0 aliphatic rings. The van der Waals surface area contributed by atoms with Gasteiger partial charge >= 0.3 is 6.18 Å². The summed E-state index contributed by atoms with van der Waals surface area (Å²) in [6.45, 7) is 0. The molecule has 0 spiro atoms. The van der Waals surface area contributed by atoms with Crippen LogP contribution in [0.25, 0.3) is 0 Å². The molecule has 3 nitrogen and oxygen atoms in total. The van der Waals surface area contributed by atoms with Gasteiger partial charge in [-0.3, -0.25) is 4.79 Å². The van der Waals surface area contributed by atoms with Gasteiger partial charge in [-0.1, -0.05) is 11.6 Å². The molecule has 0 bridgehead atoms. The molecule has 0 aromatic carbocycles. The average molecular weight is 199 g/mol. The Labute approximate surface area is 69.2 Å². The standard InChI is InChI=1S/C5H2ClF3N2O/c6-2-1-10-4(12)3(11-2)5(7,8)9/h1H,(H,10,12). The van der Waals surface area contributed by atoms with Crippen molar-refractivity contribution in [3.05, 3.63) is 27.4 Å². The number of H-pyrrole nitrogens is 1. The van der Waals surface area contributed by atoms with Crippen LogP contribution in [0.15, 0.2) is 11.0 Å². The number of aromatic nitrogens is 2. The predicted octanol–water partition coefficient (Wildman–Crippen LogP) is 1.44. The Morgan fingerprint density at radius 3 is 2.50 bits per heavy atom. The summed E-state index contributed by atoms with van der Waals surface area (Å²) in [5, 5.41) is -0.401. The lowest BCUT2D eigenvalue weighted by Crippen LogP contribution is -2.23. The van der Waals surface area contributed by atoms with E-state index in [-0.39, 0.29) is 0 Å². The molecular weight excluding hydrogens is 197 g/mol.